The van der Waals surface area contributed by atoms with Crippen molar-refractivity contribution in [1.29, 1.82) is 0 Å². The fourth-order valence-corrected chi connectivity index (χ4v) is 3.59. The molecule has 0 saturated heterocycles. The van der Waals surface area contributed by atoms with Gasteiger partial charge in [0.25, 0.3) is 0 Å². The van der Waals surface area contributed by atoms with Crippen LogP contribution in [0.2, 0.25) is 0 Å². The number of para-hydroxylation sites is 1. The van der Waals surface area contributed by atoms with Crippen molar-refractivity contribution in [2.45, 2.75) is 26.2 Å². The second-order valence-corrected chi connectivity index (χ2v) is 7.60. The predicted molar refractivity (Wildman–Crippen MR) is 104 cm³/mol. The van der Waals surface area contributed by atoms with Gasteiger partial charge in [-0.3, -0.25) is 0 Å². The van der Waals surface area contributed by atoms with Crippen LogP contribution in [0.5, 0.6) is 0 Å². The Balaban J connectivity index is 2.08. The molecule has 120 valence electrons. The van der Waals surface area contributed by atoms with E-state index in [1.54, 1.807) is 0 Å². The van der Waals surface area contributed by atoms with Gasteiger partial charge in [0, 0.05) is 29.5 Å². The summed E-state index contributed by atoms with van der Waals surface area (Å²) in [6, 6.07) is 24.3. The summed E-state index contributed by atoms with van der Waals surface area (Å²) in [4.78, 5) is 2.32. The third kappa shape index (κ3) is 2.24. The summed E-state index contributed by atoms with van der Waals surface area (Å²) in [7, 11) is 2.17. The highest BCUT2D eigenvalue weighted by molar-refractivity contribution is 5.99. The first-order valence-electron chi connectivity index (χ1n) is 8.54. The Labute approximate surface area is 144 Å². The topological polar surface area (TPSA) is 3.24 Å². The van der Waals surface area contributed by atoms with Crippen LogP contribution < -0.4 is 4.90 Å². The highest BCUT2D eigenvalue weighted by atomic mass is 15.1. The lowest BCUT2D eigenvalue weighted by Crippen LogP contribution is -2.13. The molecule has 0 atom stereocenters. The maximum absolute atomic E-state index is 2.37. The van der Waals surface area contributed by atoms with Crippen LogP contribution in [-0.4, -0.2) is 7.05 Å². The Morgan fingerprint density at radius 3 is 1.83 bits per heavy atom. The van der Waals surface area contributed by atoms with E-state index < -0.39 is 0 Å². The molecule has 3 aromatic carbocycles. The molecule has 0 spiro atoms. The molecule has 3 aromatic rings. The van der Waals surface area contributed by atoms with E-state index in [0.717, 1.165) is 0 Å². The molecule has 1 heteroatoms. The summed E-state index contributed by atoms with van der Waals surface area (Å²) in [6.07, 6.45) is 0. The molecule has 1 heterocycles. The minimum absolute atomic E-state index is 0.141. The van der Waals surface area contributed by atoms with E-state index in [-0.39, 0.29) is 5.41 Å². The van der Waals surface area contributed by atoms with Crippen LogP contribution in [-0.2, 0) is 5.41 Å². The first-order chi connectivity index (χ1) is 11.5. The van der Waals surface area contributed by atoms with Crippen LogP contribution in [0, 0.1) is 0 Å². The quantitative estimate of drug-likeness (QED) is 0.464. The normalized spacial score (nSPS) is 12.9. The molecular formula is C23H23N. The molecule has 0 aromatic heterocycles. The molecule has 0 unspecified atom stereocenters. The zero-order chi connectivity index (χ0) is 16.9. The fraction of sp³-hybridized carbons (Fsp3) is 0.217. The highest BCUT2D eigenvalue weighted by Crippen LogP contribution is 2.47. The van der Waals surface area contributed by atoms with E-state index >= 15 is 0 Å². The summed E-state index contributed by atoms with van der Waals surface area (Å²) in [5, 5.41) is 0. The SMILES string of the molecule is CN1c2ccccc2-c2ccccc2-c2cc(C(C)(C)C)ccc21. The van der Waals surface area contributed by atoms with E-state index in [9.17, 15) is 0 Å². The van der Waals surface area contributed by atoms with Crippen molar-refractivity contribution in [2.24, 2.45) is 0 Å². The molecule has 0 saturated carbocycles. The van der Waals surface area contributed by atoms with Gasteiger partial charge in [-0.15, -0.1) is 0 Å². The molecule has 1 aliphatic rings. The lowest BCUT2D eigenvalue weighted by atomic mass is 9.84. The number of nitrogens with zero attached hydrogens (tertiary/aromatic N) is 1. The highest BCUT2D eigenvalue weighted by Gasteiger charge is 2.24. The monoisotopic (exact) mass is 313 g/mol. The van der Waals surface area contributed by atoms with Gasteiger partial charge in [0.15, 0.2) is 0 Å². The lowest BCUT2D eigenvalue weighted by Gasteiger charge is -2.25. The van der Waals surface area contributed by atoms with Gasteiger partial charge in [-0.25, -0.2) is 0 Å². The van der Waals surface area contributed by atoms with Crippen molar-refractivity contribution in [3.63, 3.8) is 0 Å². The van der Waals surface area contributed by atoms with E-state index in [1.807, 2.05) is 0 Å². The van der Waals surface area contributed by atoms with Gasteiger partial charge in [0.1, 0.15) is 0 Å². The molecule has 0 N–H and O–H groups in total. The van der Waals surface area contributed by atoms with E-state index in [0.29, 0.717) is 0 Å². The second-order valence-electron chi connectivity index (χ2n) is 7.60. The Morgan fingerprint density at radius 2 is 1.17 bits per heavy atom. The van der Waals surface area contributed by atoms with Crippen LogP contribution in [0.4, 0.5) is 11.4 Å². The van der Waals surface area contributed by atoms with Gasteiger partial charge >= 0.3 is 0 Å². The summed E-state index contributed by atoms with van der Waals surface area (Å²) >= 11 is 0. The van der Waals surface area contributed by atoms with Gasteiger partial charge in [0.05, 0.1) is 0 Å². The maximum Gasteiger partial charge on any atom is 0.0488 e. The molecule has 0 bridgehead atoms. The van der Waals surface area contributed by atoms with Crippen molar-refractivity contribution in [2.75, 3.05) is 11.9 Å². The molecular weight excluding hydrogens is 290 g/mol. The van der Waals surface area contributed by atoms with Gasteiger partial charge in [0.2, 0.25) is 0 Å². The van der Waals surface area contributed by atoms with E-state index in [1.165, 1.54) is 39.2 Å². The molecule has 0 fully saturated rings. The minimum atomic E-state index is 0.141. The van der Waals surface area contributed by atoms with Gasteiger partial charge in [-0.2, -0.15) is 0 Å². The maximum atomic E-state index is 2.37. The van der Waals surface area contributed by atoms with Crippen molar-refractivity contribution in [1.82, 2.24) is 0 Å². The van der Waals surface area contributed by atoms with E-state index in [2.05, 4.69) is 99.4 Å². The average Bonchev–Trinajstić information content (AvgIpc) is 2.69. The van der Waals surface area contributed by atoms with Crippen molar-refractivity contribution in [3.05, 3.63) is 72.3 Å². The largest absolute Gasteiger partial charge is 0.344 e. The lowest BCUT2D eigenvalue weighted by molar-refractivity contribution is 0.590. The number of rotatable bonds is 0. The van der Waals surface area contributed by atoms with Crippen molar-refractivity contribution in [3.8, 4) is 22.3 Å². The summed E-state index contributed by atoms with van der Waals surface area (Å²) in [5.74, 6) is 0. The molecule has 0 radical (unpaired) electrons. The summed E-state index contributed by atoms with van der Waals surface area (Å²) < 4.78 is 0. The zero-order valence-corrected chi connectivity index (χ0v) is 14.8. The van der Waals surface area contributed by atoms with Crippen LogP contribution in [0.1, 0.15) is 26.3 Å². The first-order valence-corrected chi connectivity index (χ1v) is 8.54. The number of hydrogen-bond donors (Lipinski definition) is 0. The third-order valence-corrected chi connectivity index (χ3v) is 5.00. The van der Waals surface area contributed by atoms with E-state index in [4.69, 9.17) is 0 Å². The molecule has 0 amide bonds. The Kier molecular flexibility index (Phi) is 3.28. The number of fused-ring (bicyclic) bond motifs is 5. The van der Waals surface area contributed by atoms with Crippen LogP contribution in [0.15, 0.2) is 66.7 Å². The zero-order valence-electron chi connectivity index (χ0n) is 14.8. The van der Waals surface area contributed by atoms with Crippen molar-refractivity contribution < 1.29 is 0 Å². The molecule has 1 aliphatic heterocycles. The van der Waals surface area contributed by atoms with Gasteiger partial charge < -0.3 is 4.90 Å². The van der Waals surface area contributed by atoms with Gasteiger partial charge in [-0.05, 0) is 40.3 Å². The van der Waals surface area contributed by atoms with Gasteiger partial charge in [-0.1, -0.05) is 69.3 Å². The van der Waals surface area contributed by atoms with Crippen LogP contribution in [0.3, 0.4) is 0 Å². The molecule has 4 rings (SSSR count). The first kappa shape index (κ1) is 15.0. The van der Waals surface area contributed by atoms with Crippen molar-refractivity contribution >= 4 is 11.4 Å². The van der Waals surface area contributed by atoms with Crippen LogP contribution in [0.25, 0.3) is 22.3 Å². The van der Waals surface area contributed by atoms with Crippen LogP contribution >= 0.6 is 0 Å². The average molecular weight is 313 g/mol. The standard InChI is InChI=1S/C23H23N/c1-23(2,3)16-13-14-22-20(15-16)18-10-6-5-9-17(18)19-11-7-8-12-21(19)24(22)4/h5-15H,1-4H3. The Hall–Kier alpha value is -2.54. The summed E-state index contributed by atoms with van der Waals surface area (Å²) in [5.41, 5.74) is 9.27. The summed E-state index contributed by atoms with van der Waals surface area (Å²) in [6.45, 7) is 6.82. The number of anilines is 2. The predicted octanol–water partition coefficient (Wildman–Crippen LogP) is 6.40. The number of hydrogen-bond acceptors (Lipinski definition) is 1. The second kappa shape index (κ2) is 5.24. The smallest absolute Gasteiger partial charge is 0.0488 e. The molecule has 24 heavy (non-hydrogen) atoms. The third-order valence-electron chi connectivity index (χ3n) is 5.00. The minimum Gasteiger partial charge on any atom is -0.344 e. The number of benzene rings is 3. The Bertz CT molecular complexity index is 915. The molecule has 1 nitrogen and oxygen atoms in total. The fourth-order valence-electron chi connectivity index (χ4n) is 3.59. The Morgan fingerprint density at radius 1 is 0.625 bits per heavy atom. The molecule has 0 aliphatic carbocycles.